The van der Waals surface area contributed by atoms with E-state index >= 15 is 0 Å². The van der Waals surface area contributed by atoms with Crippen molar-refractivity contribution >= 4 is 17.5 Å². The number of likely N-dealkylation sites (N-methyl/N-ethyl adjacent to an activating group) is 1. The topological polar surface area (TPSA) is 43.9 Å². The molecule has 0 aromatic heterocycles. The minimum absolute atomic E-state index is 0.164. The van der Waals surface area contributed by atoms with Crippen molar-refractivity contribution in [3.63, 3.8) is 0 Å². The van der Waals surface area contributed by atoms with Gasteiger partial charge in [0.25, 0.3) is 0 Å². The number of anilines is 1. The zero-order valence-electron chi connectivity index (χ0n) is 17.1. The first-order chi connectivity index (χ1) is 14.1. The maximum Gasteiger partial charge on any atom is 0.230 e. The molecule has 0 spiro atoms. The molecule has 0 unspecified atom stereocenters. The molecule has 152 valence electrons. The van der Waals surface area contributed by atoms with Crippen molar-refractivity contribution in [3.8, 4) is 0 Å². The molecule has 2 aromatic carbocycles. The summed E-state index contributed by atoms with van der Waals surface area (Å²) in [6, 6.07) is 18.0. The average Bonchev–Trinajstić information content (AvgIpc) is 3.59. The van der Waals surface area contributed by atoms with Crippen molar-refractivity contribution in [2.75, 3.05) is 38.1 Å². The molecular formula is C24H29N3O2. The van der Waals surface area contributed by atoms with E-state index in [4.69, 9.17) is 0 Å². The zero-order chi connectivity index (χ0) is 20.2. The van der Waals surface area contributed by atoms with Crippen molar-refractivity contribution < 1.29 is 9.59 Å². The fourth-order valence-corrected chi connectivity index (χ4v) is 3.75. The third kappa shape index (κ3) is 5.04. The number of carbonyl (C=O) groups excluding carboxylic acids is 2. The summed E-state index contributed by atoms with van der Waals surface area (Å²) in [4.78, 5) is 31.5. The molecular weight excluding hydrogens is 362 g/mol. The van der Waals surface area contributed by atoms with Crippen LogP contribution in [-0.2, 0) is 22.6 Å². The first kappa shape index (κ1) is 19.6. The van der Waals surface area contributed by atoms with Gasteiger partial charge in [-0.2, -0.15) is 0 Å². The van der Waals surface area contributed by atoms with Crippen molar-refractivity contribution in [3.05, 3.63) is 65.7 Å². The highest BCUT2D eigenvalue weighted by Gasteiger charge is 2.34. The quantitative estimate of drug-likeness (QED) is 0.761. The highest BCUT2D eigenvalue weighted by Crippen LogP contribution is 2.33. The maximum absolute atomic E-state index is 12.9. The molecule has 0 bridgehead atoms. The van der Waals surface area contributed by atoms with Crippen LogP contribution in [-0.4, -0.2) is 54.8 Å². The van der Waals surface area contributed by atoms with Crippen molar-refractivity contribution in [1.29, 1.82) is 0 Å². The first-order valence-corrected chi connectivity index (χ1v) is 10.5. The number of nitrogens with zero attached hydrogens (tertiary/aromatic N) is 3. The lowest BCUT2D eigenvalue weighted by Crippen LogP contribution is -2.47. The molecule has 4 rings (SSSR count). The predicted octanol–water partition coefficient (Wildman–Crippen LogP) is 2.95. The normalized spacial score (nSPS) is 17.2. The molecule has 1 saturated carbocycles. The number of amides is 2. The van der Waals surface area contributed by atoms with Crippen LogP contribution in [0.25, 0.3) is 0 Å². The van der Waals surface area contributed by atoms with Gasteiger partial charge >= 0.3 is 0 Å². The highest BCUT2D eigenvalue weighted by atomic mass is 16.2. The molecule has 0 radical (unpaired) electrons. The number of piperazine rings is 1. The van der Waals surface area contributed by atoms with Gasteiger partial charge in [-0.05, 0) is 43.1 Å². The zero-order valence-corrected chi connectivity index (χ0v) is 17.1. The molecule has 0 N–H and O–H groups in total. The Morgan fingerprint density at radius 1 is 0.897 bits per heavy atom. The van der Waals surface area contributed by atoms with Crippen LogP contribution >= 0.6 is 0 Å². The van der Waals surface area contributed by atoms with Crippen LogP contribution in [0.3, 0.4) is 0 Å². The molecule has 29 heavy (non-hydrogen) atoms. The molecule has 1 aliphatic carbocycles. The lowest BCUT2D eigenvalue weighted by Gasteiger charge is -2.32. The van der Waals surface area contributed by atoms with Gasteiger partial charge < -0.3 is 14.7 Å². The van der Waals surface area contributed by atoms with Gasteiger partial charge in [0, 0.05) is 37.8 Å². The van der Waals surface area contributed by atoms with Crippen LogP contribution in [0.15, 0.2) is 54.6 Å². The second-order valence-corrected chi connectivity index (χ2v) is 8.21. The number of hydrogen-bond donors (Lipinski definition) is 0. The fraction of sp³-hybridized carbons (Fsp3) is 0.417. The Morgan fingerprint density at radius 3 is 2.17 bits per heavy atom. The van der Waals surface area contributed by atoms with Crippen molar-refractivity contribution in [2.24, 2.45) is 5.92 Å². The predicted molar refractivity (Wildman–Crippen MR) is 115 cm³/mol. The Kier molecular flexibility index (Phi) is 5.95. The van der Waals surface area contributed by atoms with Gasteiger partial charge in [-0.3, -0.25) is 9.59 Å². The Bertz CT molecular complexity index is 838. The van der Waals surface area contributed by atoms with Gasteiger partial charge in [0.1, 0.15) is 0 Å². The minimum Gasteiger partial charge on any atom is -0.340 e. The van der Waals surface area contributed by atoms with Crippen LogP contribution in [0.1, 0.15) is 24.0 Å². The van der Waals surface area contributed by atoms with E-state index in [0.29, 0.717) is 13.0 Å². The minimum atomic E-state index is 0.164. The molecule has 2 aromatic rings. The number of carbonyl (C=O) groups is 2. The van der Waals surface area contributed by atoms with Crippen LogP contribution < -0.4 is 4.90 Å². The third-order valence-corrected chi connectivity index (χ3v) is 5.84. The molecule has 5 heteroatoms. The van der Waals surface area contributed by atoms with E-state index in [1.54, 1.807) is 0 Å². The maximum atomic E-state index is 12.9. The molecule has 1 heterocycles. The van der Waals surface area contributed by atoms with Crippen molar-refractivity contribution in [1.82, 2.24) is 9.80 Å². The molecule has 5 nitrogen and oxygen atoms in total. The van der Waals surface area contributed by atoms with Crippen LogP contribution in [0.4, 0.5) is 5.69 Å². The first-order valence-electron chi connectivity index (χ1n) is 10.5. The molecule has 2 aliphatic rings. The summed E-state index contributed by atoms with van der Waals surface area (Å²) >= 11 is 0. The van der Waals surface area contributed by atoms with Gasteiger partial charge in [0.2, 0.25) is 11.8 Å². The summed E-state index contributed by atoms with van der Waals surface area (Å²) in [5.74, 6) is 0.549. The number of benzene rings is 2. The van der Waals surface area contributed by atoms with Gasteiger partial charge in [0.05, 0.1) is 13.0 Å². The molecule has 2 fully saturated rings. The Morgan fingerprint density at radius 2 is 1.55 bits per heavy atom. The summed E-state index contributed by atoms with van der Waals surface area (Å²) in [7, 11) is 2.09. The van der Waals surface area contributed by atoms with Crippen LogP contribution in [0.2, 0.25) is 0 Å². The Balaban J connectivity index is 1.44. The molecule has 2 amide bonds. The molecule has 0 atom stereocenters. The van der Waals surface area contributed by atoms with Crippen LogP contribution in [0.5, 0.6) is 0 Å². The van der Waals surface area contributed by atoms with E-state index < -0.39 is 0 Å². The van der Waals surface area contributed by atoms with Gasteiger partial charge in [-0.25, -0.2) is 0 Å². The summed E-state index contributed by atoms with van der Waals surface area (Å²) in [6.07, 6.45) is 2.39. The number of hydrogen-bond acceptors (Lipinski definition) is 3. The number of rotatable bonds is 6. The Hall–Kier alpha value is -2.66. The summed E-state index contributed by atoms with van der Waals surface area (Å²) in [5, 5.41) is 0. The summed E-state index contributed by atoms with van der Waals surface area (Å²) in [6.45, 7) is 4.04. The SMILES string of the molecule is CN1CCN(C(=O)Cc2ccc(N(Cc3ccccc3)C(=O)C3CC3)cc2)CC1. The molecule has 1 aliphatic heterocycles. The standard InChI is InChI=1S/C24H29N3O2/c1-25-13-15-26(16-14-25)23(28)17-19-7-11-22(12-8-19)27(24(29)21-9-10-21)18-20-5-3-2-4-6-20/h2-8,11-12,21H,9-10,13-18H2,1H3. The fourth-order valence-electron chi connectivity index (χ4n) is 3.75. The van der Waals surface area contributed by atoms with E-state index in [-0.39, 0.29) is 17.7 Å². The second-order valence-electron chi connectivity index (χ2n) is 8.21. The highest BCUT2D eigenvalue weighted by molar-refractivity contribution is 5.96. The van der Waals surface area contributed by atoms with Crippen molar-refractivity contribution in [2.45, 2.75) is 25.8 Å². The lowest BCUT2D eigenvalue weighted by atomic mass is 10.1. The van der Waals surface area contributed by atoms with E-state index in [1.165, 1.54) is 0 Å². The summed E-state index contributed by atoms with van der Waals surface area (Å²) in [5.41, 5.74) is 3.02. The largest absolute Gasteiger partial charge is 0.340 e. The van der Waals surface area contributed by atoms with E-state index in [0.717, 1.165) is 55.8 Å². The van der Waals surface area contributed by atoms with E-state index in [1.807, 2.05) is 52.3 Å². The molecule has 1 saturated heterocycles. The lowest BCUT2D eigenvalue weighted by molar-refractivity contribution is -0.132. The van der Waals surface area contributed by atoms with Crippen LogP contribution in [0, 0.1) is 5.92 Å². The van der Waals surface area contributed by atoms with Gasteiger partial charge in [-0.1, -0.05) is 42.5 Å². The Labute approximate surface area is 172 Å². The average molecular weight is 392 g/mol. The van der Waals surface area contributed by atoms with E-state index in [9.17, 15) is 9.59 Å². The van der Waals surface area contributed by atoms with E-state index in [2.05, 4.69) is 24.1 Å². The smallest absolute Gasteiger partial charge is 0.230 e. The second kappa shape index (κ2) is 8.78. The monoisotopic (exact) mass is 391 g/mol. The summed E-state index contributed by atoms with van der Waals surface area (Å²) < 4.78 is 0. The van der Waals surface area contributed by atoms with Gasteiger partial charge in [-0.15, -0.1) is 0 Å². The van der Waals surface area contributed by atoms with Gasteiger partial charge in [0.15, 0.2) is 0 Å². The third-order valence-electron chi connectivity index (χ3n) is 5.84.